The smallest absolute Gasteiger partial charge is 0.370 e. The van der Waals surface area contributed by atoms with Crippen LogP contribution in [0.15, 0.2) is 47.7 Å². The minimum atomic E-state index is -4.65. The second-order valence-electron chi connectivity index (χ2n) is 7.38. The van der Waals surface area contributed by atoms with Crippen LogP contribution in [0.2, 0.25) is 0 Å². The number of aromatic nitrogens is 2. The molecular formula is C20H22F3N5O. The van der Waals surface area contributed by atoms with Gasteiger partial charge in [-0.2, -0.15) is 13.2 Å². The maximum absolute atomic E-state index is 12.8. The van der Waals surface area contributed by atoms with Gasteiger partial charge >= 0.3 is 6.18 Å². The van der Waals surface area contributed by atoms with Crippen molar-refractivity contribution >= 4 is 5.84 Å². The minimum Gasteiger partial charge on any atom is -0.370 e. The number of benzene rings is 1. The number of aliphatic hydroxyl groups excluding tert-OH is 1. The van der Waals surface area contributed by atoms with Gasteiger partial charge in [0.2, 0.25) is 6.23 Å². The Balaban J connectivity index is 1.38. The summed E-state index contributed by atoms with van der Waals surface area (Å²) in [6, 6.07) is 9.56. The van der Waals surface area contributed by atoms with Gasteiger partial charge in [-0.05, 0) is 12.8 Å². The molecule has 1 fully saturated rings. The molecule has 154 valence electrons. The Labute approximate surface area is 166 Å². The van der Waals surface area contributed by atoms with Gasteiger partial charge in [-0.3, -0.25) is 9.89 Å². The number of rotatable bonds is 4. The monoisotopic (exact) mass is 405 g/mol. The molecule has 0 aliphatic carbocycles. The van der Waals surface area contributed by atoms with Crippen molar-refractivity contribution in [3.8, 4) is 11.4 Å². The summed E-state index contributed by atoms with van der Waals surface area (Å²) < 4.78 is 38.5. The predicted octanol–water partition coefficient (Wildman–Crippen LogP) is 2.78. The first-order valence-electron chi connectivity index (χ1n) is 9.59. The Morgan fingerprint density at radius 2 is 1.86 bits per heavy atom. The molecule has 1 aromatic heterocycles. The van der Waals surface area contributed by atoms with Crippen LogP contribution >= 0.6 is 0 Å². The van der Waals surface area contributed by atoms with E-state index in [4.69, 9.17) is 0 Å². The number of nitrogens with zero attached hydrogens (tertiary/aromatic N) is 4. The van der Waals surface area contributed by atoms with Crippen LogP contribution in [-0.2, 0) is 0 Å². The molecule has 29 heavy (non-hydrogen) atoms. The van der Waals surface area contributed by atoms with E-state index in [0.717, 1.165) is 22.4 Å². The van der Waals surface area contributed by atoms with Crippen molar-refractivity contribution in [3.63, 3.8) is 0 Å². The van der Waals surface area contributed by atoms with Crippen molar-refractivity contribution in [2.75, 3.05) is 19.6 Å². The number of aliphatic hydroxyl groups is 1. The van der Waals surface area contributed by atoms with Gasteiger partial charge in [0.15, 0.2) is 5.82 Å². The number of aliphatic imine (C=N–C) groups is 1. The lowest BCUT2D eigenvalue weighted by Crippen LogP contribution is -2.52. The van der Waals surface area contributed by atoms with E-state index in [2.05, 4.69) is 20.3 Å². The van der Waals surface area contributed by atoms with Crippen LogP contribution in [-0.4, -0.2) is 57.8 Å². The van der Waals surface area contributed by atoms with Crippen molar-refractivity contribution in [3.05, 3.63) is 48.3 Å². The maximum Gasteiger partial charge on any atom is 0.428 e. The molecule has 4 rings (SSSR count). The van der Waals surface area contributed by atoms with Crippen LogP contribution < -0.4 is 5.32 Å². The molecule has 0 bridgehead atoms. The summed E-state index contributed by atoms with van der Waals surface area (Å²) in [5.74, 6) is 1.18. The van der Waals surface area contributed by atoms with Crippen LogP contribution in [0.3, 0.4) is 0 Å². The third-order valence-corrected chi connectivity index (χ3v) is 5.35. The second-order valence-corrected chi connectivity index (χ2v) is 7.38. The first kappa shape index (κ1) is 19.8. The van der Waals surface area contributed by atoms with Gasteiger partial charge in [-0.15, -0.1) is 0 Å². The van der Waals surface area contributed by atoms with E-state index in [1.165, 1.54) is 0 Å². The van der Waals surface area contributed by atoms with Crippen LogP contribution in [0.1, 0.15) is 24.4 Å². The standard InChI is InChI=1S/C20H22F3N5O/c21-20(22,23)19(29)28-8-4-7-14(12-28)18-26-11-16(27-18)15-9-24-17(25-10-15)13-5-2-1-3-6-13/h1-3,5-6,9-10,14,16,19,29H,4,7-8,11-12H2,(H,26,27). The van der Waals surface area contributed by atoms with E-state index < -0.39 is 12.4 Å². The fourth-order valence-corrected chi connectivity index (χ4v) is 3.81. The summed E-state index contributed by atoms with van der Waals surface area (Å²) in [6.45, 7) is 0.840. The van der Waals surface area contributed by atoms with Gasteiger partial charge in [0.25, 0.3) is 0 Å². The normalized spacial score (nSPS) is 24.1. The number of halogens is 3. The number of hydrogen-bond acceptors (Lipinski definition) is 6. The zero-order chi connectivity index (χ0) is 20.4. The highest BCUT2D eigenvalue weighted by atomic mass is 19.4. The average molecular weight is 405 g/mol. The fraction of sp³-hybridized carbons (Fsp3) is 0.450. The lowest BCUT2D eigenvalue weighted by atomic mass is 9.96. The Bertz CT molecular complexity index is 857. The number of piperidine rings is 1. The summed E-state index contributed by atoms with van der Waals surface area (Å²) in [5, 5.41) is 12.9. The second kappa shape index (κ2) is 8.08. The molecule has 3 unspecified atom stereocenters. The molecule has 0 saturated carbocycles. The molecule has 0 amide bonds. The van der Waals surface area contributed by atoms with Crippen molar-refractivity contribution in [1.82, 2.24) is 20.2 Å². The van der Waals surface area contributed by atoms with E-state index in [-0.39, 0.29) is 25.0 Å². The lowest BCUT2D eigenvalue weighted by Gasteiger charge is -2.36. The molecule has 2 N–H and O–H groups in total. The van der Waals surface area contributed by atoms with Crippen LogP contribution in [0.25, 0.3) is 11.4 Å². The van der Waals surface area contributed by atoms with Gasteiger partial charge < -0.3 is 10.4 Å². The molecule has 9 heteroatoms. The Hall–Kier alpha value is -2.52. The summed E-state index contributed by atoms with van der Waals surface area (Å²) in [4.78, 5) is 14.4. The summed E-state index contributed by atoms with van der Waals surface area (Å²) in [6.07, 6.45) is -2.24. The quantitative estimate of drug-likeness (QED) is 0.818. The fourth-order valence-electron chi connectivity index (χ4n) is 3.81. The molecular weight excluding hydrogens is 383 g/mol. The van der Waals surface area contributed by atoms with E-state index >= 15 is 0 Å². The first-order chi connectivity index (χ1) is 13.9. The van der Waals surface area contributed by atoms with E-state index in [9.17, 15) is 18.3 Å². The van der Waals surface area contributed by atoms with Crippen LogP contribution in [0, 0.1) is 5.92 Å². The van der Waals surface area contributed by atoms with Gasteiger partial charge in [0.05, 0.1) is 12.6 Å². The first-order valence-corrected chi connectivity index (χ1v) is 9.59. The van der Waals surface area contributed by atoms with Crippen molar-refractivity contribution < 1.29 is 18.3 Å². The third kappa shape index (κ3) is 4.40. The summed E-state index contributed by atoms with van der Waals surface area (Å²) in [5.41, 5.74) is 1.81. The van der Waals surface area contributed by atoms with Gasteiger partial charge in [0, 0.05) is 42.5 Å². The highest BCUT2D eigenvalue weighted by Crippen LogP contribution is 2.29. The third-order valence-electron chi connectivity index (χ3n) is 5.35. The average Bonchev–Trinajstić information content (AvgIpc) is 3.24. The molecule has 3 atom stereocenters. The van der Waals surface area contributed by atoms with E-state index in [1.54, 1.807) is 12.4 Å². The highest BCUT2D eigenvalue weighted by Gasteiger charge is 2.44. The lowest BCUT2D eigenvalue weighted by molar-refractivity contribution is -0.253. The molecule has 1 saturated heterocycles. The van der Waals surface area contributed by atoms with E-state index in [1.807, 2.05) is 30.3 Å². The van der Waals surface area contributed by atoms with Gasteiger partial charge in [0.1, 0.15) is 5.84 Å². The maximum atomic E-state index is 12.8. The van der Waals surface area contributed by atoms with Crippen molar-refractivity contribution in [2.24, 2.45) is 10.9 Å². The Morgan fingerprint density at radius 3 is 2.55 bits per heavy atom. The van der Waals surface area contributed by atoms with E-state index in [0.29, 0.717) is 24.6 Å². The summed E-state index contributed by atoms with van der Waals surface area (Å²) >= 11 is 0. The Kier molecular flexibility index (Phi) is 5.51. The minimum absolute atomic E-state index is 0.0993. The molecule has 2 aromatic rings. The predicted molar refractivity (Wildman–Crippen MR) is 102 cm³/mol. The SMILES string of the molecule is OC(N1CCCC(C2=NCC(c3cnc(-c4ccccc4)nc3)N2)C1)C(F)(F)F. The van der Waals surface area contributed by atoms with Crippen LogP contribution in [0.4, 0.5) is 13.2 Å². The topological polar surface area (TPSA) is 73.6 Å². The van der Waals surface area contributed by atoms with Gasteiger partial charge in [-0.1, -0.05) is 30.3 Å². The molecule has 1 aromatic carbocycles. The number of nitrogens with one attached hydrogen (secondary N) is 1. The van der Waals surface area contributed by atoms with Crippen molar-refractivity contribution in [2.45, 2.75) is 31.3 Å². The molecule has 2 aliphatic heterocycles. The van der Waals surface area contributed by atoms with Crippen molar-refractivity contribution in [1.29, 1.82) is 0 Å². The molecule has 3 heterocycles. The number of amidine groups is 1. The van der Waals surface area contributed by atoms with Crippen LogP contribution in [0.5, 0.6) is 0 Å². The molecule has 6 nitrogen and oxygen atoms in total. The largest absolute Gasteiger partial charge is 0.428 e. The number of alkyl halides is 3. The van der Waals surface area contributed by atoms with Gasteiger partial charge in [-0.25, -0.2) is 9.97 Å². The molecule has 2 aliphatic rings. The highest BCUT2D eigenvalue weighted by molar-refractivity contribution is 5.86. The number of hydrogen-bond donors (Lipinski definition) is 2. The summed E-state index contributed by atoms with van der Waals surface area (Å²) in [7, 11) is 0. The Morgan fingerprint density at radius 1 is 1.14 bits per heavy atom. The zero-order valence-electron chi connectivity index (χ0n) is 15.7. The number of likely N-dealkylation sites (tertiary alicyclic amines) is 1. The molecule has 0 spiro atoms. The molecule has 0 radical (unpaired) electrons. The zero-order valence-corrected chi connectivity index (χ0v) is 15.7.